The third kappa shape index (κ3) is 2.71. The molecule has 2 rings (SSSR count). The van der Waals surface area contributed by atoms with E-state index < -0.39 is 0 Å². The van der Waals surface area contributed by atoms with E-state index in [2.05, 4.69) is 29.9 Å². The van der Waals surface area contributed by atoms with Gasteiger partial charge < -0.3 is 0 Å². The molecule has 0 bridgehead atoms. The van der Waals surface area contributed by atoms with Gasteiger partial charge in [0, 0.05) is 18.7 Å². The molecule has 100 valence electrons. The largest absolute Gasteiger partial charge is 0.294 e. The Labute approximate surface area is 116 Å². The summed E-state index contributed by atoms with van der Waals surface area (Å²) in [5.41, 5.74) is 3.16. The fourth-order valence-electron chi connectivity index (χ4n) is 2.58. The third-order valence-corrected chi connectivity index (χ3v) is 13.3. The van der Waals surface area contributed by atoms with Crippen molar-refractivity contribution in [1.82, 2.24) is 9.78 Å². The topological polar surface area (TPSA) is 34.9 Å². The zero-order valence-corrected chi connectivity index (χ0v) is 15.0. The van der Waals surface area contributed by atoms with Crippen LogP contribution in [0.2, 0.25) is 0 Å². The smallest absolute Gasteiger partial charge is 0.170 e. The van der Waals surface area contributed by atoms with Gasteiger partial charge in [-0.1, -0.05) is 21.3 Å². The Balaban J connectivity index is 2.41. The maximum absolute atomic E-state index is 12.6. The minimum Gasteiger partial charge on any atom is -0.294 e. The Bertz CT molecular complexity index is 460. The normalized spacial score (nSPS) is 21.6. The fraction of sp³-hybridized carbons (Fsp3) is 0.636. The minimum atomic E-state index is -0.368. The highest BCUT2D eigenvalue weighted by molar-refractivity contribution is 8.63. The van der Waals surface area contributed by atoms with E-state index in [9.17, 15) is 4.79 Å². The van der Waals surface area contributed by atoms with Crippen molar-refractivity contribution in [2.75, 3.05) is 0 Å². The molecule has 5 atom stereocenters. The first-order chi connectivity index (χ1) is 8.60. The molecule has 0 spiro atoms. The number of carbonyl (C=O) groups excluding carboxylic acids is 1. The predicted molar refractivity (Wildman–Crippen MR) is 88.5 cm³/mol. The van der Waals surface area contributed by atoms with Crippen LogP contribution in [0.15, 0.2) is 0 Å². The predicted octanol–water partition coefficient (Wildman–Crippen LogP) is 3.25. The summed E-state index contributed by atoms with van der Waals surface area (Å²) in [7, 11) is 8.00. The summed E-state index contributed by atoms with van der Waals surface area (Å²) in [5.74, 6) is 0.575. The number of rotatable bonds is 4. The van der Waals surface area contributed by atoms with E-state index in [1.807, 2.05) is 11.7 Å². The van der Waals surface area contributed by atoms with Crippen LogP contribution in [-0.2, 0) is 13.5 Å². The van der Waals surface area contributed by atoms with E-state index >= 15 is 0 Å². The second-order valence-corrected chi connectivity index (χ2v) is 13.7. The van der Waals surface area contributed by atoms with Crippen LogP contribution in [0.4, 0.5) is 0 Å². The number of hydrogen-bond acceptors (Lipinski definition) is 2. The molecule has 1 aromatic rings. The molecule has 0 N–H and O–H groups in total. The molecular weight excluding hydrogens is 300 g/mol. The lowest BCUT2D eigenvalue weighted by molar-refractivity contribution is 0.0894. The summed E-state index contributed by atoms with van der Waals surface area (Å²) in [5, 5.41) is 4.61. The molecule has 0 saturated carbocycles. The van der Waals surface area contributed by atoms with Crippen molar-refractivity contribution in [3.63, 3.8) is 0 Å². The van der Waals surface area contributed by atoms with E-state index in [-0.39, 0.29) is 13.2 Å². The number of aromatic nitrogens is 2. The molecule has 1 aliphatic carbocycles. The van der Waals surface area contributed by atoms with Gasteiger partial charge >= 0.3 is 0 Å². The maximum Gasteiger partial charge on any atom is 0.170 e. The van der Waals surface area contributed by atoms with Crippen molar-refractivity contribution in [2.45, 2.75) is 32.6 Å². The van der Waals surface area contributed by atoms with Crippen molar-refractivity contribution in [3.05, 3.63) is 11.3 Å². The lowest BCUT2D eigenvalue weighted by Gasteiger charge is -2.22. The van der Waals surface area contributed by atoms with Gasteiger partial charge in [-0.25, -0.2) is 0 Å². The van der Waals surface area contributed by atoms with Crippen LogP contribution >= 0.6 is 33.1 Å². The van der Waals surface area contributed by atoms with E-state index in [4.69, 9.17) is 0 Å². The molecule has 5 unspecified atom stereocenters. The fourth-order valence-corrected chi connectivity index (χ4v) is 5.89. The molecule has 7 heteroatoms. The number of Topliss-reactive ketones (excluding diaryl/α,β-unsaturated/α-hetero) is 1. The average molecular weight is 320 g/mol. The third-order valence-electron chi connectivity index (χ3n) is 3.50. The Kier molecular flexibility index (Phi) is 5.30. The first-order valence-electron chi connectivity index (χ1n) is 6.21. The molecule has 18 heavy (non-hydrogen) atoms. The van der Waals surface area contributed by atoms with Crippen molar-refractivity contribution in [2.24, 2.45) is 13.0 Å². The summed E-state index contributed by atoms with van der Waals surface area (Å²) in [6.07, 6.45) is 4.10. The first kappa shape index (κ1) is 15.0. The summed E-state index contributed by atoms with van der Waals surface area (Å²) in [4.78, 5) is 12.6. The minimum absolute atomic E-state index is 0.228. The highest BCUT2D eigenvalue weighted by Gasteiger charge is 2.33. The number of hydrogen-bond donors (Lipinski definition) is 0. The van der Waals surface area contributed by atoms with Crippen LogP contribution < -0.4 is 5.44 Å². The summed E-state index contributed by atoms with van der Waals surface area (Å²) in [6.45, 7) is 2.15. The van der Waals surface area contributed by atoms with Crippen LogP contribution in [0.3, 0.4) is 0 Å². The molecule has 1 aliphatic rings. The van der Waals surface area contributed by atoms with Crippen LogP contribution in [0.1, 0.15) is 42.2 Å². The van der Waals surface area contributed by atoms with Crippen LogP contribution in [0, 0.1) is 5.92 Å². The van der Waals surface area contributed by atoms with Gasteiger partial charge in [0.05, 0.1) is 5.56 Å². The van der Waals surface area contributed by atoms with E-state index in [1.165, 1.54) is 0 Å². The van der Waals surface area contributed by atoms with Crippen molar-refractivity contribution in [1.29, 1.82) is 0 Å². The lowest BCUT2D eigenvalue weighted by Crippen LogP contribution is -2.26. The van der Waals surface area contributed by atoms with Gasteiger partial charge in [0.1, 0.15) is 5.44 Å². The highest BCUT2D eigenvalue weighted by atomic mass is 32.6. The Morgan fingerprint density at radius 2 is 2.33 bits per heavy atom. The van der Waals surface area contributed by atoms with Gasteiger partial charge in [-0.15, -0.1) is 17.9 Å². The number of ketones is 1. The van der Waals surface area contributed by atoms with Crippen LogP contribution in [0.5, 0.6) is 0 Å². The van der Waals surface area contributed by atoms with Gasteiger partial charge in [-0.2, -0.15) is 5.10 Å². The molecule has 0 aromatic carbocycles. The van der Waals surface area contributed by atoms with Gasteiger partial charge in [0.2, 0.25) is 0 Å². The molecule has 0 radical (unpaired) electrons. The van der Waals surface area contributed by atoms with Gasteiger partial charge in [-0.05, 0) is 26.6 Å². The Hall–Kier alpha value is 0.600. The van der Waals surface area contributed by atoms with Gasteiger partial charge in [0.15, 0.2) is 5.78 Å². The lowest BCUT2D eigenvalue weighted by atomic mass is 9.84. The summed E-state index contributed by atoms with van der Waals surface area (Å²) >= 11 is 0. The standard InChI is InChI=1S/C11H20N2OP4/c1-3-4-7-5-6-8-9(10(7)14)11(12-13(8)2)18(16)17-15/h7,17H,3-6,15-16H2,1-2H3. The molecule has 1 heterocycles. The SMILES string of the molecule is CCCC1CCc2c(c(P(P)PP)nn2C)C1=O. The Morgan fingerprint density at radius 1 is 1.61 bits per heavy atom. The average Bonchev–Trinajstić information content (AvgIpc) is 2.70. The molecule has 0 fully saturated rings. The molecule has 3 nitrogen and oxygen atoms in total. The van der Waals surface area contributed by atoms with E-state index in [1.54, 1.807) is 0 Å². The molecule has 0 amide bonds. The maximum atomic E-state index is 12.6. The molecule has 0 saturated heterocycles. The number of carbonyl (C=O) groups is 1. The van der Waals surface area contributed by atoms with E-state index in [0.29, 0.717) is 5.78 Å². The zero-order valence-electron chi connectivity index (χ0n) is 10.8. The summed E-state index contributed by atoms with van der Waals surface area (Å²) < 4.78 is 1.93. The van der Waals surface area contributed by atoms with Crippen LogP contribution in [0.25, 0.3) is 0 Å². The Morgan fingerprint density at radius 3 is 2.94 bits per heavy atom. The van der Waals surface area contributed by atoms with Crippen LogP contribution in [-0.4, -0.2) is 15.6 Å². The molecule has 0 aliphatic heterocycles. The molecular formula is C11H20N2OP4. The number of fused-ring (bicyclic) bond motifs is 1. The molecule has 1 aromatic heterocycles. The van der Waals surface area contributed by atoms with Gasteiger partial charge in [0.25, 0.3) is 0 Å². The first-order valence-corrected chi connectivity index (χ1v) is 12.8. The number of aryl methyl sites for hydroxylation is 1. The van der Waals surface area contributed by atoms with Crippen molar-refractivity contribution >= 4 is 44.3 Å². The quantitative estimate of drug-likeness (QED) is 0.798. The number of nitrogens with zero attached hydrogens (tertiary/aromatic N) is 2. The second kappa shape index (κ2) is 6.37. The van der Waals surface area contributed by atoms with Gasteiger partial charge in [-0.3, -0.25) is 9.48 Å². The monoisotopic (exact) mass is 320 g/mol. The van der Waals surface area contributed by atoms with Crippen molar-refractivity contribution < 1.29 is 4.79 Å². The zero-order chi connectivity index (χ0) is 13.3. The second-order valence-electron chi connectivity index (χ2n) is 4.66. The van der Waals surface area contributed by atoms with E-state index in [0.717, 1.165) is 50.3 Å². The highest BCUT2D eigenvalue weighted by Crippen LogP contribution is 2.65. The van der Waals surface area contributed by atoms with Crippen molar-refractivity contribution in [3.8, 4) is 0 Å². The summed E-state index contributed by atoms with van der Waals surface area (Å²) in [6, 6.07) is 0.